The highest BCUT2D eigenvalue weighted by molar-refractivity contribution is 7.90. The van der Waals surface area contributed by atoms with Gasteiger partial charge in [-0.2, -0.15) is 18.2 Å². The second kappa shape index (κ2) is 13.3. The van der Waals surface area contributed by atoms with E-state index in [-0.39, 0.29) is 36.5 Å². The Morgan fingerprint density at radius 3 is 2.22 bits per heavy atom. The van der Waals surface area contributed by atoms with Crippen LogP contribution in [-0.2, 0) is 25.0 Å². The minimum absolute atomic E-state index is 0.0496. The summed E-state index contributed by atoms with van der Waals surface area (Å²) in [6, 6.07) is 21.5. The smallest absolute Gasteiger partial charge is 0.274 e. The number of guanidine groups is 1. The fourth-order valence-electron chi connectivity index (χ4n) is 4.18. The van der Waals surface area contributed by atoms with Crippen molar-refractivity contribution < 1.29 is 21.6 Å². The number of aliphatic imine (C=N–C) groups is 1. The summed E-state index contributed by atoms with van der Waals surface area (Å²) in [5.74, 6) is -0.373. The lowest BCUT2D eigenvalue weighted by Gasteiger charge is -2.21. The molecule has 15 heteroatoms. The molecule has 1 heterocycles. The lowest BCUT2D eigenvalue weighted by molar-refractivity contribution is 0.177. The van der Waals surface area contributed by atoms with Gasteiger partial charge in [0.2, 0.25) is 5.96 Å². The Morgan fingerprint density at radius 1 is 1.02 bits per heavy atom. The van der Waals surface area contributed by atoms with Gasteiger partial charge >= 0.3 is 0 Å². The molecule has 4 N–H and O–H groups in total. The van der Waals surface area contributed by atoms with E-state index in [0.29, 0.717) is 15.8 Å². The minimum atomic E-state index is -4.14. The molecule has 0 unspecified atom stereocenters. The molecule has 1 aliphatic heterocycles. The molecule has 2 atom stereocenters. The van der Waals surface area contributed by atoms with E-state index in [1.807, 2.05) is 42.5 Å². The number of methoxy groups -OCH3 is 1. The first-order valence-corrected chi connectivity index (χ1v) is 16.0. The number of hydrazone groups is 1. The van der Waals surface area contributed by atoms with Crippen LogP contribution in [-0.4, -0.2) is 66.4 Å². The number of ether oxygens (including phenoxy) is 1. The molecule has 11 nitrogen and oxygen atoms in total. The van der Waals surface area contributed by atoms with Gasteiger partial charge in [0, 0.05) is 23.1 Å². The number of halogens is 2. The lowest BCUT2D eigenvalue weighted by Crippen LogP contribution is -2.45. The van der Waals surface area contributed by atoms with Crippen LogP contribution in [0.25, 0.3) is 0 Å². The van der Waals surface area contributed by atoms with Gasteiger partial charge in [0.1, 0.15) is 0 Å². The standard InChI is InChI=1S/C26H28Cl2N6O5S2/c1-39-17-22(32-41(29,37)38)15-30-26(33-40(35,36)23-13-11-21(28)12-14-23)34-16-24(18-5-3-2-4-6-18)25(31-34)19-7-9-20(27)10-8-19/h2-14,22,24,32H,15-17H2,1H3,(H,30,33)(H2,29,37,38)/t22-,24+/m0/s1. The first-order valence-electron chi connectivity index (χ1n) is 12.2. The van der Waals surface area contributed by atoms with Crippen LogP contribution in [0, 0.1) is 0 Å². The van der Waals surface area contributed by atoms with Gasteiger partial charge in [-0.15, -0.1) is 0 Å². The summed E-state index contributed by atoms with van der Waals surface area (Å²) in [5, 5.41) is 12.3. The number of nitrogens with two attached hydrogens (primary N) is 1. The Labute approximate surface area is 249 Å². The van der Waals surface area contributed by atoms with E-state index in [9.17, 15) is 16.8 Å². The minimum Gasteiger partial charge on any atom is -0.383 e. The second-order valence-corrected chi connectivity index (χ2v) is 13.0. The van der Waals surface area contributed by atoms with Crippen LogP contribution < -0.4 is 14.6 Å². The SMILES string of the molecule is COC[C@H](CN=C(NS(=O)(=O)c1ccc(Cl)cc1)N1C[C@H](c2ccccc2)C(c2ccc(Cl)cc2)=N1)NS(N)(=O)=O. The summed E-state index contributed by atoms with van der Waals surface area (Å²) in [6.45, 7) is -0.0361. The fourth-order valence-corrected chi connectivity index (χ4v) is 6.06. The quantitative estimate of drug-likeness (QED) is 0.229. The summed E-state index contributed by atoms with van der Waals surface area (Å²) >= 11 is 12.1. The molecule has 0 saturated heterocycles. The van der Waals surface area contributed by atoms with E-state index in [0.717, 1.165) is 11.1 Å². The number of hydrogen-bond acceptors (Lipinski definition) is 7. The van der Waals surface area contributed by atoms with Crippen LogP contribution in [0.15, 0.2) is 93.9 Å². The maximum atomic E-state index is 13.4. The van der Waals surface area contributed by atoms with E-state index >= 15 is 0 Å². The Kier molecular flexibility index (Phi) is 10.0. The average molecular weight is 640 g/mol. The van der Waals surface area contributed by atoms with E-state index < -0.39 is 26.3 Å². The molecule has 0 bridgehead atoms. The van der Waals surface area contributed by atoms with Crippen LogP contribution in [0.2, 0.25) is 10.0 Å². The summed E-state index contributed by atoms with van der Waals surface area (Å²) in [5.41, 5.74) is 2.41. The van der Waals surface area contributed by atoms with Crippen molar-refractivity contribution in [2.75, 3.05) is 26.8 Å². The Balaban J connectivity index is 1.76. The van der Waals surface area contributed by atoms with Gasteiger partial charge in [-0.3, -0.25) is 0 Å². The second-order valence-electron chi connectivity index (χ2n) is 9.08. The van der Waals surface area contributed by atoms with Gasteiger partial charge in [0.05, 0.1) is 36.3 Å². The largest absolute Gasteiger partial charge is 0.383 e. The average Bonchev–Trinajstić information content (AvgIpc) is 3.37. The van der Waals surface area contributed by atoms with Crippen molar-refractivity contribution in [2.24, 2.45) is 15.2 Å². The van der Waals surface area contributed by atoms with Crippen LogP contribution in [0.5, 0.6) is 0 Å². The molecular formula is C26H28Cl2N6O5S2. The number of sulfonamides is 1. The zero-order chi connectivity index (χ0) is 29.6. The molecule has 218 valence electrons. The maximum Gasteiger partial charge on any atom is 0.274 e. The maximum absolute atomic E-state index is 13.4. The third-order valence-electron chi connectivity index (χ3n) is 6.01. The van der Waals surface area contributed by atoms with Crippen LogP contribution in [0.3, 0.4) is 0 Å². The molecule has 3 aromatic rings. The van der Waals surface area contributed by atoms with E-state index in [2.05, 4.69) is 14.4 Å². The molecule has 41 heavy (non-hydrogen) atoms. The molecule has 4 rings (SSSR count). The predicted octanol–water partition coefficient (Wildman–Crippen LogP) is 2.94. The number of hydrogen-bond donors (Lipinski definition) is 3. The summed E-state index contributed by atoms with van der Waals surface area (Å²) in [7, 11) is -6.84. The van der Waals surface area contributed by atoms with E-state index in [4.69, 9.17) is 38.2 Å². The highest BCUT2D eigenvalue weighted by Gasteiger charge is 2.33. The molecule has 0 radical (unpaired) electrons. The molecular weight excluding hydrogens is 611 g/mol. The molecule has 0 amide bonds. The third kappa shape index (κ3) is 8.49. The third-order valence-corrected chi connectivity index (χ3v) is 8.52. The zero-order valence-electron chi connectivity index (χ0n) is 21.8. The molecule has 3 aromatic carbocycles. The van der Waals surface area contributed by atoms with Crippen molar-refractivity contribution in [1.29, 1.82) is 0 Å². The van der Waals surface area contributed by atoms with Crippen molar-refractivity contribution in [1.82, 2.24) is 14.5 Å². The van der Waals surface area contributed by atoms with Crippen LogP contribution >= 0.6 is 23.2 Å². The highest BCUT2D eigenvalue weighted by Crippen LogP contribution is 2.29. The molecule has 0 fully saturated rings. The summed E-state index contributed by atoms with van der Waals surface area (Å²) in [6.07, 6.45) is 0. The lowest BCUT2D eigenvalue weighted by atomic mass is 9.91. The molecule has 0 saturated carbocycles. The van der Waals surface area contributed by atoms with Gasteiger partial charge < -0.3 is 4.74 Å². The van der Waals surface area contributed by atoms with Gasteiger partial charge in [-0.05, 0) is 47.5 Å². The van der Waals surface area contributed by atoms with E-state index in [1.165, 1.54) is 36.4 Å². The van der Waals surface area contributed by atoms with Crippen LogP contribution in [0.1, 0.15) is 17.0 Å². The molecule has 0 aromatic heterocycles. The summed E-state index contributed by atoms with van der Waals surface area (Å²) in [4.78, 5) is 4.39. The zero-order valence-corrected chi connectivity index (χ0v) is 25.0. The highest BCUT2D eigenvalue weighted by atomic mass is 35.5. The molecule has 0 spiro atoms. The Bertz CT molecular complexity index is 1620. The topological polar surface area (TPSA) is 156 Å². The van der Waals surface area contributed by atoms with Crippen molar-refractivity contribution in [3.63, 3.8) is 0 Å². The van der Waals surface area contributed by atoms with Gasteiger partial charge in [0.15, 0.2) is 0 Å². The van der Waals surface area contributed by atoms with Crippen molar-refractivity contribution in [3.8, 4) is 0 Å². The first-order chi connectivity index (χ1) is 19.4. The Morgan fingerprint density at radius 2 is 1.63 bits per heavy atom. The predicted molar refractivity (Wildman–Crippen MR) is 160 cm³/mol. The molecule has 1 aliphatic rings. The first kappa shape index (κ1) is 30.9. The Hall–Kier alpha value is -3.04. The number of nitrogens with zero attached hydrogens (tertiary/aromatic N) is 3. The number of benzene rings is 3. The normalized spacial score (nSPS) is 16.9. The van der Waals surface area contributed by atoms with Gasteiger partial charge in [-0.1, -0.05) is 65.7 Å². The fraction of sp³-hybridized carbons (Fsp3) is 0.231. The molecule has 0 aliphatic carbocycles. The van der Waals surface area contributed by atoms with Gasteiger partial charge in [0.25, 0.3) is 20.2 Å². The van der Waals surface area contributed by atoms with Crippen molar-refractivity contribution in [2.45, 2.75) is 16.9 Å². The number of rotatable bonds is 10. The summed E-state index contributed by atoms with van der Waals surface area (Å²) < 4.78 is 59.9. The monoisotopic (exact) mass is 638 g/mol. The van der Waals surface area contributed by atoms with Crippen molar-refractivity contribution >= 4 is 55.1 Å². The number of nitrogens with one attached hydrogen (secondary N) is 2. The van der Waals surface area contributed by atoms with Crippen molar-refractivity contribution in [3.05, 3.63) is 100 Å². The van der Waals surface area contributed by atoms with Crippen LogP contribution in [0.4, 0.5) is 0 Å². The van der Waals surface area contributed by atoms with Gasteiger partial charge in [-0.25, -0.2) is 28.3 Å². The van der Waals surface area contributed by atoms with E-state index in [1.54, 1.807) is 12.1 Å².